The van der Waals surface area contributed by atoms with Crippen molar-refractivity contribution in [3.05, 3.63) is 5.69 Å². The summed E-state index contributed by atoms with van der Waals surface area (Å²) in [5.41, 5.74) is 8.19. The van der Waals surface area contributed by atoms with Gasteiger partial charge in [-0.1, -0.05) is 27.2 Å². The standard InChI is InChI=1S/C15H30N4O/c1-6-9-13-14(16)15(18(4)17-13)19(10-11-20-5)12(7-2)8-3/h12H,6-11,16H2,1-5H3. The Bertz CT molecular complexity index is 399. The number of hydrogen-bond acceptors (Lipinski definition) is 4. The summed E-state index contributed by atoms with van der Waals surface area (Å²) in [4.78, 5) is 2.35. The van der Waals surface area contributed by atoms with Gasteiger partial charge in [0.2, 0.25) is 0 Å². The number of methoxy groups -OCH3 is 1. The summed E-state index contributed by atoms with van der Waals surface area (Å²) in [5.74, 6) is 1.04. The van der Waals surface area contributed by atoms with E-state index < -0.39 is 0 Å². The second-order valence-corrected chi connectivity index (χ2v) is 5.21. The highest BCUT2D eigenvalue weighted by Gasteiger charge is 2.23. The normalized spacial score (nSPS) is 11.3. The van der Waals surface area contributed by atoms with Crippen molar-refractivity contribution in [2.75, 3.05) is 30.9 Å². The van der Waals surface area contributed by atoms with Crippen molar-refractivity contribution in [2.24, 2.45) is 7.05 Å². The van der Waals surface area contributed by atoms with Crippen LogP contribution in [0.3, 0.4) is 0 Å². The van der Waals surface area contributed by atoms with Crippen LogP contribution in [0.2, 0.25) is 0 Å². The van der Waals surface area contributed by atoms with Crippen LogP contribution in [0.4, 0.5) is 11.5 Å². The number of aryl methyl sites for hydroxylation is 2. The number of hydrogen-bond donors (Lipinski definition) is 1. The quantitative estimate of drug-likeness (QED) is 0.756. The zero-order chi connectivity index (χ0) is 15.1. The van der Waals surface area contributed by atoms with Crippen molar-refractivity contribution in [3.8, 4) is 0 Å². The van der Waals surface area contributed by atoms with E-state index in [1.165, 1.54) is 0 Å². The second kappa shape index (κ2) is 8.15. The predicted molar refractivity (Wildman–Crippen MR) is 85.2 cm³/mol. The Hall–Kier alpha value is -1.23. The number of nitrogens with zero attached hydrogens (tertiary/aromatic N) is 3. The Morgan fingerprint density at radius 2 is 1.95 bits per heavy atom. The van der Waals surface area contributed by atoms with Crippen molar-refractivity contribution >= 4 is 11.5 Å². The average molecular weight is 282 g/mol. The first kappa shape index (κ1) is 16.8. The van der Waals surface area contributed by atoms with Gasteiger partial charge in [-0.25, -0.2) is 0 Å². The summed E-state index contributed by atoms with van der Waals surface area (Å²) in [5, 5.41) is 4.59. The van der Waals surface area contributed by atoms with Gasteiger partial charge in [-0.3, -0.25) is 4.68 Å². The molecule has 116 valence electrons. The first-order chi connectivity index (χ1) is 9.60. The van der Waals surface area contributed by atoms with Crippen LogP contribution in [0.25, 0.3) is 0 Å². The van der Waals surface area contributed by atoms with E-state index in [-0.39, 0.29) is 0 Å². The lowest BCUT2D eigenvalue weighted by atomic mass is 10.1. The van der Waals surface area contributed by atoms with Crippen LogP contribution in [-0.4, -0.2) is 36.1 Å². The molecule has 1 heterocycles. The topological polar surface area (TPSA) is 56.3 Å². The highest BCUT2D eigenvalue weighted by Crippen LogP contribution is 2.29. The Kier molecular flexibility index (Phi) is 6.85. The monoisotopic (exact) mass is 282 g/mol. The maximum atomic E-state index is 6.34. The highest BCUT2D eigenvalue weighted by molar-refractivity contribution is 5.67. The van der Waals surface area contributed by atoms with Gasteiger partial charge >= 0.3 is 0 Å². The molecular weight excluding hydrogens is 252 g/mol. The molecule has 0 saturated carbocycles. The number of nitrogen functional groups attached to an aromatic ring is 1. The van der Waals surface area contributed by atoms with E-state index in [4.69, 9.17) is 10.5 Å². The van der Waals surface area contributed by atoms with Crippen LogP contribution in [0.1, 0.15) is 45.7 Å². The predicted octanol–water partition coefficient (Wildman–Crippen LogP) is 2.60. The molecule has 1 rings (SSSR count). The molecule has 0 aliphatic carbocycles. The highest BCUT2D eigenvalue weighted by atomic mass is 16.5. The molecule has 0 radical (unpaired) electrons. The Morgan fingerprint density at radius 1 is 1.30 bits per heavy atom. The van der Waals surface area contributed by atoms with Gasteiger partial charge in [0.15, 0.2) is 5.82 Å². The van der Waals surface area contributed by atoms with Crippen LogP contribution in [0.15, 0.2) is 0 Å². The van der Waals surface area contributed by atoms with E-state index in [0.29, 0.717) is 12.6 Å². The molecule has 0 fully saturated rings. The third-order valence-corrected chi connectivity index (χ3v) is 3.81. The number of rotatable bonds is 9. The van der Waals surface area contributed by atoms with Crippen LogP contribution < -0.4 is 10.6 Å². The summed E-state index contributed by atoms with van der Waals surface area (Å²) in [7, 11) is 3.72. The van der Waals surface area contributed by atoms with E-state index in [9.17, 15) is 0 Å². The summed E-state index contributed by atoms with van der Waals surface area (Å²) in [6, 6.07) is 0.470. The molecule has 5 heteroatoms. The first-order valence-electron chi connectivity index (χ1n) is 7.67. The van der Waals surface area contributed by atoms with Gasteiger partial charge in [-0.05, 0) is 19.3 Å². The largest absolute Gasteiger partial charge is 0.394 e. The van der Waals surface area contributed by atoms with Crippen LogP contribution in [0.5, 0.6) is 0 Å². The van der Waals surface area contributed by atoms with Crippen molar-refractivity contribution in [2.45, 2.75) is 52.5 Å². The van der Waals surface area contributed by atoms with E-state index in [2.05, 4.69) is 30.8 Å². The molecule has 20 heavy (non-hydrogen) atoms. The van der Waals surface area contributed by atoms with Crippen LogP contribution in [0, 0.1) is 0 Å². The number of aromatic nitrogens is 2. The van der Waals surface area contributed by atoms with Gasteiger partial charge in [0, 0.05) is 26.7 Å². The first-order valence-corrected chi connectivity index (χ1v) is 7.67. The van der Waals surface area contributed by atoms with Gasteiger partial charge in [0.25, 0.3) is 0 Å². The maximum Gasteiger partial charge on any atom is 0.150 e. The molecule has 0 amide bonds. The molecule has 5 nitrogen and oxygen atoms in total. The lowest BCUT2D eigenvalue weighted by Gasteiger charge is -2.32. The molecule has 0 aromatic carbocycles. The second-order valence-electron chi connectivity index (χ2n) is 5.21. The molecule has 0 saturated heterocycles. The van der Waals surface area contributed by atoms with Crippen molar-refractivity contribution in [1.82, 2.24) is 9.78 Å². The minimum absolute atomic E-state index is 0.470. The van der Waals surface area contributed by atoms with Crippen molar-refractivity contribution in [1.29, 1.82) is 0 Å². The van der Waals surface area contributed by atoms with Crippen molar-refractivity contribution < 1.29 is 4.74 Å². The lowest BCUT2D eigenvalue weighted by Crippen LogP contribution is -2.38. The van der Waals surface area contributed by atoms with Gasteiger partial charge in [-0.2, -0.15) is 5.10 Å². The zero-order valence-corrected chi connectivity index (χ0v) is 13.6. The third kappa shape index (κ3) is 3.66. The minimum Gasteiger partial charge on any atom is -0.394 e. The fourth-order valence-corrected chi connectivity index (χ4v) is 2.73. The smallest absolute Gasteiger partial charge is 0.150 e. The van der Waals surface area contributed by atoms with Crippen LogP contribution >= 0.6 is 0 Å². The molecule has 0 bridgehead atoms. The Morgan fingerprint density at radius 3 is 2.45 bits per heavy atom. The van der Waals surface area contributed by atoms with Gasteiger partial charge in [0.05, 0.1) is 18.0 Å². The average Bonchev–Trinajstić information content (AvgIpc) is 2.71. The van der Waals surface area contributed by atoms with Crippen molar-refractivity contribution in [3.63, 3.8) is 0 Å². The fraction of sp³-hybridized carbons (Fsp3) is 0.800. The zero-order valence-electron chi connectivity index (χ0n) is 13.6. The molecular formula is C15H30N4O. The van der Waals surface area contributed by atoms with Crippen LogP contribution in [-0.2, 0) is 18.2 Å². The minimum atomic E-state index is 0.470. The molecule has 1 aromatic rings. The SMILES string of the molecule is CCCc1nn(C)c(N(CCOC)C(CC)CC)c1N. The molecule has 0 unspecified atom stereocenters. The molecule has 2 N–H and O–H groups in total. The summed E-state index contributed by atoms with van der Waals surface area (Å²) < 4.78 is 7.18. The van der Waals surface area contributed by atoms with Gasteiger partial charge in [-0.15, -0.1) is 0 Å². The fourth-order valence-electron chi connectivity index (χ4n) is 2.73. The molecule has 0 spiro atoms. The number of ether oxygens (including phenoxy) is 1. The molecule has 0 aliphatic rings. The molecule has 1 aromatic heterocycles. The van der Waals surface area contributed by atoms with E-state index in [1.807, 2.05) is 11.7 Å². The van der Waals surface area contributed by atoms with Gasteiger partial charge in [0.1, 0.15) is 0 Å². The maximum absolute atomic E-state index is 6.34. The van der Waals surface area contributed by atoms with Gasteiger partial charge < -0.3 is 15.4 Å². The van der Waals surface area contributed by atoms with E-state index >= 15 is 0 Å². The van der Waals surface area contributed by atoms with E-state index in [1.54, 1.807) is 7.11 Å². The Balaban J connectivity index is 3.11. The Labute approximate surface area is 123 Å². The molecule has 0 atom stereocenters. The third-order valence-electron chi connectivity index (χ3n) is 3.81. The lowest BCUT2D eigenvalue weighted by molar-refractivity contribution is 0.202. The number of anilines is 2. The number of nitrogens with two attached hydrogens (primary N) is 1. The summed E-state index contributed by atoms with van der Waals surface area (Å²) >= 11 is 0. The molecule has 0 aliphatic heterocycles. The summed E-state index contributed by atoms with van der Waals surface area (Å²) in [6.07, 6.45) is 4.17. The summed E-state index contributed by atoms with van der Waals surface area (Å²) in [6.45, 7) is 8.13. The van der Waals surface area contributed by atoms with E-state index in [0.717, 1.165) is 49.4 Å².